The summed E-state index contributed by atoms with van der Waals surface area (Å²) in [6, 6.07) is 0.607. The summed E-state index contributed by atoms with van der Waals surface area (Å²) in [7, 11) is 0. The van der Waals surface area contributed by atoms with Gasteiger partial charge in [-0.2, -0.15) is 0 Å². The smallest absolute Gasteiger partial charge is 0.242 e. The Morgan fingerprint density at radius 1 is 1.04 bits per heavy atom. The molecule has 2 aliphatic carbocycles. The average Bonchev–Trinajstić information content (AvgIpc) is 3.55. The number of carbonyl (C=O) groups is 1. The molecule has 2 aliphatic heterocycles. The number of rotatable bonds is 5. The van der Waals surface area contributed by atoms with Crippen molar-refractivity contribution in [1.29, 1.82) is 0 Å². The van der Waals surface area contributed by atoms with Crippen molar-refractivity contribution in [2.45, 2.75) is 75.4 Å². The van der Waals surface area contributed by atoms with Gasteiger partial charge in [0.1, 0.15) is 11.6 Å². The lowest BCUT2D eigenvalue weighted by molar-refractivity contribution is -0.134. The van der Waals surface area contributed by atoms with Crippen LogP contribution >= 0.6 is 0 Å². The molecule has 26 heavy (non-hydrogen) atoms. The maximum atomic E-state index is 12.5. The highest BCUT2D eigenvalue weighted by molar-refractivity contribution is 5.89. The van der Waals surface area contributed by atoms with Crippen molar-refractivity contribution >= 4 is 5.91 Å². The van der Waals surface area contributed by atoms with Gasteiger partial charge in [0.25, 0.3) is 0 Å². The number of likely N-dealkylation sites (tertiary alicyclic amines) is 2. The molecule has 7 heteroatoms. The first-order valence-corrected chi connectivity index (χ1v) is 10.4. The highest BCUT2D eigenvalue weighted by Gasteiger charge is 2.48. The normalized spacial score (nSPS) is 26.4. The second kappa shape index (κ2) is 6.30. The summed E-state index contributed by atoms with van der Waals surface area (Å²) in [4.78, 5) is 17.0. The number of carbonyl (C=O) groups excluding carboxylic acids is 1. The van der Waals surface area contributed by atoms with E-state index in [0.29, 0.717) is 12.0 Å². The predicted molar refractivity (Wildman–Crippen MR) is 97.5 cm³/mol. The van der Waals surface area contributed by atoms with E-state index in [-0.39, 0.29) is 5.91 Å². The van der Waals surface area contributed by atoms with Gasteiger partial charge in [0.2, 0.25) is 5.91 Å². The van der Waals surface area contributed by atoms with E-state index in [1.165, 1.54) is 44.6 Å². The molecule has 2 saturated heterocycles. The van der Waals surface area contributed by atoms with Crippen LogP contribution in [0.1, 0.15) is 75.0 Å². The van der Waals surface area contributed by atoms with Crippen LogP contribution in [-0.2, 0) is 11.3 Å². The van der Waals surface area contributed by atoms with Gasteiger partial charge in [-0.05, 0) is 64.5 Å². The molecule has 7 nitrogen and oxygen atoms in total. The molecule has 0 bridgehead atoms. The Bertz CT molecular complexity index is 678. The molecule has 5 rings (SSSR count). The number of hydrogen-bond donors (Lipinski definition) is 1. The molecule has 4 aliphatic rings. The van der Waals surface area contributed by atoms with E-state index in [0.717, 1.165) is 51.1 Å². The topological polar surface area (TPSA) is 80.3 Å². The van der Waals surface area contributed by atoms with Gasteiger partial charge in [0.05, 0.1) is 12.1 Å². The van der Waals surface area contributed by atoms with Crippen LogP contribution in [0.25, 0.3) is 0 Å². The molecule has 0 aromatic carbocycles. The van der Waals surface area contributed by atoms with Crippen molar-refractivity contribution in [2.24, 2.45) is 5.73 Å². The zero-order chi connectivity index (χ0) is 17.7. The largest absolute Gasteiger partial charge is 0.341 e. The van der Waals surface area contributed by atoms with Gasteiger partial charge in [0.15, 0.2) is 0 Å². The third-order valence-corrected chi connectivity index (χ3v) is 6.63. The molecule has 0 unspecified atom stereocenters. The zero-order valence-corrected chi connectivity index (χ0v) is 15.6. The first kappa shape index (κ1) is 16.7. The van der Waals surface area contributed by atoms with E-state index in [4.69, 9.17) is 5.73 Å². The van der Waals surface area contributed by atoms with E-state index in [1.807, 2.05) is 4.90 Å². The molecular formula is C19H30N6O. The number of nitrogens with two attached hydrogens (primary N) is 1. The Morgan fingerprint density at radius 3 is 2.35 bits per heavy atom. The maximum absolute atomic E-state index is 12.5. The Morgan fingerprint density at radius 2 is 1.73 bits per heavy atom. The minimum Gasteiger partial charge on any atom is -0.341 e. The summed E-state index contributed by atoms with van der Waals surface area (Å²) >= 11 is 0. The van der Waals surface area contributed by atoms with Gasteiger partial charge in [-0.15, -0.1) is 10.2 Å². The number of aromatic nitrogens is 3. The SMILES string of the molecule is NC1(C(=O)N2CCC(c3nnc(CN4CCCC4)n3C3CC3)CC2)CC1. The lowest BCUT2D eigenvalue weighted by Crippen LogP contribution is -2.48. The summed E-state index contributed by atoms with van der Waals surface area (Å²) in [6.45, 7) is 4.93. The summed E-state index contributed by atoms with van der Waals surface area (Å²) in [5, 5.41) is 9.22. The third-order valence-electron chi connectivity index (χ3n) is 6.63. The monoisotopic (exact) mass is 358 g/mol. The lowest BCUT2D eigenvalue weighted by Gasteiger charge is -2.33. The van der Waals surface area contributed by atoms with Crippen LogP contribution in [0.15, 0.2) is 0 Å². The molecule has 4 fully saturated rings. The molecule has 2 N–H and O–H groups in total. The standard InChI is InChI=1S/C19H30N6O/c20-19(7-8-19)18(26)24-11-5-14(6-12-24)17-22-21-16(25(17)15-3-4-15)13-23-9-1-2-10-23/h14-15H,1-13,20H2. The van der Waals surface area contributed by atoms with Crippen molar-refractivity contribution in [3.8, 4) is 0 Å². The van der Waals surface area contributed by atoms with Crippen LogP contribution in [0, 0.1) is 0 Å². The second-order valence-corrected chi connectivity index (χ2v) is 8.78. The lowest BCUT2D eigenvalue weighted by atomic mass is 9.95. The molecular weight excluding hydrogens is 328 g/mol. The maximum Gasteiger partial charge on any atom is 0.242 e. The van der Waals surface area contributed by atoms with E-state index in [1.54, 1.807) is 0 Å². The molecule has 0 spiro atoms. The van der Waals surface area contributed by atoms with Crippen molar-refractivity contribution in [3.05, 3.63) is 11.6 Å². The minimum atomic E-state index is -0.538. The van der Waals surface area contributed by atoms with Crippen molar-refractivity contribution < 1.29 is 4.79 Å². The number of piperidine rings is 1. The highest BCUT2D eigenvalue weighted by atomic mass is 16.2. The Balaban J connectivity index is 1.28. The fraction of sp³-hybridized carbons (Fsp3) is 0.842. The van der Waals surface area contributed by atoms with Crippen molar-refractivity contribution in [1.82, 2.24) is 24.6 Å². The van der Waals surface area contributed by atoms with E-state index in [9.17, 15) is 4.79 Å². The van der Waals surface area contributed by atoms with Gasteiger partial charge >= 0.3 is 0 Å². The van der Waals surface area contributed by atoms with Gasteiger partial charge in [-0.3, -0.25) is 9.69 Å². The Hall–Kier alpha value is -1.47. The number of nitrogens with zero attached hydrogens (tertiary/aromatic N) is 5. The summed E-state index contributed by atoms with van der Waals surface area (Å²) in [6.07, 6.45) is 8.78. The van der Waals surface area contributed by atoms with Crippen LogP contribution in [0.2, 0.25) is 0 Å². The Kier molecular flexibility index (Phi) is 4.05. The zero-order valence-electron chi connectivity index (χ0n) is 15.6. The quantitative estimate of drug-likeness (QED) is 0.861. The van der Waals surface area contributed by atoms with Gasteiger partial charge in [0, 0.05) is 25.0 Å². The number of hydrogen-bond acceptors (Lipinski definition) is 5. The molecule has 1 amide bonds. The predicted octanol–water partition coefficient (Wildman–Crippen LogP) is 1.41. The van der Waals surface area contributed by atoms with E-state index in [2.05, 4.69) is 19.7 Å². The Labute approximate surface area is 154 Å². The first-order chi connectivity index (χ1) is 12.6. The third kappa shape index (κ3) is 3.05. The number of amides is 1. The summed E-state index contributed by atoms with van der Waals surface area (Å²) < 4.78 is 2.45. The van der Waals surface area contributed by atoms with Crippen LogP contribution in [-0.4, -0.2) is 62.2 Å². The van der Waals surface area contributed by atoms with Gasteiger partial charge < -0.3 is 15.2 Å². The first-order valence-electron chi connectivity index (χ1n) is 10.4. The molecule has 1 aromatic heterocycles. The van der Waals surface area contributed by atoms with E-state index < -0.39 is 5.54 Å². The molecule has 3 heterocycles. The van der Waals surface area contributed by atoms with Crippen LogP contribution in [0.3, 0.4) is 0 Å². The molecule has 0 atom stereocenters. The molecule has 1 aromatic rings. The fourth-order valence-electron chi connectivity index (χ4n) is 4.60. The summed E-state index contributed by atoms with van der Waals surface area (Å²) in [5.41, 5.74) is 5.56. The summed E-state index contributed by atoms with van der Waals surface area (Å²) in [5.74, 6) is 2.91. The van der Waals surface area contributed by atoms with Crippen LogP contribution in [0.5, 0.6) is 0 Å². The minimum absolute atomic E-state index is 0.161. The molecule has 0 radical (unpaired) electrons. The van der Waals surface area contributed by atoms with Crippen LogP contribution in [0.4, 0.5) is 0 Å². The van der Waals surface area contributed by atoms with Crippen molar-refractivity contribution in [2.75, 3.05) is 26.2 Å². The second-order valence-electron chi connectivity index (χ2n) is 8.78. The van der Waals surface area contributed by atoms with Gasteiger partial charge in [-0.1, -0.05) is 0 Å². The van der Waals surface area contributed by atoms with E-state index >= 15 is 0 Å². The molecule has 142 valence electrons. The van der Waals surface area contributed by atoms with Gasteiger partial charge in [-0.25, -0.2) is 0 Å². The highest BCUT2D eigenvalue weighted by Crippen LogP contribution is 2.41. The van der Waals surface area contributed by atoms with Crippen molar-refractivity contribution in [3.63, 3.8) is 0 Å². The van der Waals surface area contributed by atoms with Crippen LogP contribution < -0.4 is 5.73 Å². The fourth-order valence-corrected chi connectivity index (χ4v) is 4.60. The average molecular weight is 358 g/mol. The molecule has 2 saturated carbocycles.